The average molecular weight is 402 g/mol. The van der Waals surface area contributed by atoms with Crippen molar-refractivity contribution in [3.05, 3.63) is 46.7 Å². The summed E-state index contributed by atoms with van der Waals surface area (Å²) < 4.78 is 11.8. The molecule has 0 spiro atoms. The SMILES string of the molecule is COC(=O)c1c(C)c(C(=O)C(C)N(CCC(C)C)C(=O)c2ccco2)c(C)n1C. The molecule has 0 radical (unpaired) electrons. The number of nitrogens with zero attached hydrogens (tertiary/aromatic N) is 2. The van der Waals surface area contributed by atoms with Crippen molar-refractivity contribution in [1.29, 1.82) is 0 Å². The molecule has 2 heterocycles. The number of carbonyl (C=O) groups is 3. The largest absolute Gasteiger partial charge is 0.464 e. The monoisotopic (exact) mass is 402 g/mol. The molecule has 7 nitrogen and oxygen atoms in total. The summed E-state index contributed by atoms with van der Waals surface area (Å²) in [6, 6.07) is 2.53. The second-order valence-electron chi connectivity index (χ2n) is 7.68. The number of hydrogen-bond donors (Lipinski definition) is 0. The Morgan fingerprint density at radius 3 is 2.38 bits per heavy atom. The van der Waals surface area contributed by atoms with Crippen molar-refractivity contribution in [1.82, 2.24) is 9.47 Å². The van der Waals surface area contributed by atoms with Gasteiger partial charge in [-0.15, -0.1) is 0 Å². The number of Topliss-reactive ketones (excluding diaryl/α,β-unsaturated/α-hetero) is 1. The molecule has 0 fully saturated rings. The molecule has 0 saturated carbocycles. The molecule has 7 heteroatoms. The van der Waals surface area contributed by atoms with Gasteiger partial charge in [0.05, 0.1) is 19.4 Å². The lowest BCUT2D eigenvalue weighted by Gasteiger charge is -2.28. The van der Waals surface area contributed by atoms with Gasteiger partial charge in [-0.25, -0.2) is 4.79 Å². The molecule has 1 amide bonds. The van der Waals surface area contributed by atoms with E-state index in [9.17, 15) is 14.4 Å². The predicted molar refractivity (Wildman–Crippen MR) is 109 cm³/mol. The van der Waals surface area contributed by atoms with Crippen molar-refractivity contribution in [2.75, 3.05) is 13.7 Å². The Balaban J connectivity index is 2.43. The smallest absolute Gasteiger partial charge is 0.354 e. The van der Waals surface area contributed by atoms with Crippen LogP contribution in [0.3, 0.4) is 0 Å². The zero-order chi connectivity index (χ0) is 21.9. The maximum Gasteiger partial charge on any atom is 0.354 e. The number of methoxy groups -OCH3 is 1. The Hall–Kier alpha value is -2.83. The number of rotatable bonds is 8. The van der Waals surface area contributed by atoms with Gasteiger partial charge in [-0.3, -0.25) is 9.59 Å². The van der Waals surface area contributed by atoms with Crippen LogP contribution in [0.15, 0.2) is 22.8 Å². The van der Waals surface area contributed by atoms with E-state index in [1.807, 2.05) is 0 Å². The maximum absolute atomic E-state index is 13.4. The molecule has 2 aromatic rings. The molecule has 1 unspecified atom stereocenters. The molecule has 2 aromatic heterocycles. The van der Waals surface area contributed by atoms with Crippen molar-refractivity contribution in [2.45, 2.75) is 47.1 Å². The molecular formula is C22H30N2O5. The minimum Gasteiger partial charge on any atom is -0.464 e. The minimum absolute atomic E-state index is 0.199. The third kappa shape index (κ3) is 4.44. The molecule has 0 aromatic carbocycles. The van der Waals surface area contributed by atoms with Crippen LogP contribution in [-0.4, -0.2) is 46.8 Å². The van der Waals surface area contributed by atoms with Crippen molar-refractivity contribution >= 4 is 17.7 Å². The fourth-order valence-corrected chi connectivity index (χ4v) is 3.49. The van der Waals surface area contributed by atoms with Crippen molar-refractivity contribution in [2.24, 2.45) is 13.0 Å². The third-order valence-electron chi connectivity index (χ3n) is 5.34. The molecular weight excluding hydrogens is 372 g/mol. The Bertz CT molecular complexity index is 893. The van der Waals surface area contributed by atoms with E-state index >= 15 is 0 Å². The van der Waals surface area contributed by atoms with Crippen LogP contribution < -0.4 is 0 Å². The van der Waals surface area contributed by atoms with Crippen molar-refractivity contribution in [3.8, 4) is 0 Å². The first-order valence-corrected chi connectivity index (χ1v) is 9.74. The quantitative estimate of drug-likeness (QED) is 0.496. The van der Waals surface area contributed by atoms with Crippen LogP contribution in [0.5, 0.6) is 0 Å². The van der Waals surface area contributed by atoms with E-state index in [4.69, 9.17) is 9.15 Å². The molecule has 0 saturated heterocycles. The van der Waals surface area contributed by atoms with Crippen LogP contribution in [0.4, 0.5) is 0 Å². The van der Waals surface area contributed by atoms with Gasteiger partial charge in [-0.1, -0.05) is 13.8 Å². The van der Waals surface area contributed by atoms with Gasteiger partial charge in [0.1, 0.15) is 5.69 Å². The zero-order valence-electron chi connectivity index (χ0n) is 18.2. The molecule has 0 bridgehead atoms. The molecule has 0 aliphatic rings. The van der Waals surface area contributed by atoms with Crippen LogP contribution in [0.25, 0.3) is 0 Å². The fraction of sp³-hybridized carbons (Fsp3) is 0.500. The molecule has 0 aliphatic heterocycles. The number of ketones is 1. The number of carbonyl (C=O) groups excluding carboxylic acids is 3. The Kier molecular flexibility index (Phi) is 7.06. The fourth-order valence-electron chi connectivity index (χ4n) is 3.49. The Morgan fingerprint density at radius 1 is 1.21 bits per heavy atom. The van der Waals surface area contributed by atoms with Crippen LogP contribution >= 0.6 is 0 Å². The van der Waals surface area contributed by atoms with Crippen LogP contribution in [0, 0.1) is 19.8 Å². The second kappa shape index (κ2) is 9.11. The predicted octanol–water partition coefficient (Wildman–Crippen LogP) is 3.78. The van der Waals surface area contributed by atoms with E-state index in [1.165, 1.54) is 13.4 Å². The highest BCUT2D eigenvalue weighted by Crippen LogP contribution is 2.25. The summed E-state index contributed by atoms with van der Waals surface area (Å²) >= 11 is 0. The van der Waals surface area contributed by atoms with Crippen LogP contribution in [0.1, 0.15) is 69.9 Å². The summed E-state index contributed by atoms with van der Waals surface area (Å²) in [5.74, 6) is -0.464. The van der Waals surface area contributed by atoms with E-state index in [0.717, 1.165) is 6.42 Å². The normalized spacial score (nSPS) is 12.1. The summed E-state index contributed by atoms with van der Waals surface area (Å²) in [6.45, 7) is 9.79. The molecule has 1 atom stereocenters. The van der Waals surface area contributed by atoms with Crippen molar-refractivity contribution in [3.63, 3.8) is 0 Å². The highest BCUT2D eigenvalue weighted by atomic mass is 16.5. The lowest BCUT2D eigenvalue weighted by atomic mass is 9.99. The standard InChI is InChI=1S/C22H30N2O5/c1-13(2)10-11-24(21(26)17-9-8-12-29-17)16(5)20(25)18-14(3)19(22(27)28-7)23(6)15(18)4/h8-9,12-13,16H,10-11H2,1-7H3. The molecule has 0 aliphatic carbocycles. The number of furan rings is 1. The van der Waals surface area contributed by atoms with Crippen molar-refractivity contribution < 1.29 is 23.5 Å². The number of amides is 1. The molecule has 0 N–H and O–H groups in total. The lowest BCUT2D eigenvalue weighted by molar-refractivity contribution is 0.0585. The summed E-state index contributed by atoms with van der Waals surface area (Å²) in [7, 11) is 3.03. The van der Waals surface area contributed by atoms with Gasteiger partial charge in [0.15, 0.2) is 11.5 Å². The van der Waals surface area contributed by atoms with Gasteiger partial charge in [-0.05, 0) is 50.8 Å². The number of hydrogen-bond acceptors (Lipinski definition) is 5. The van der Waals surface area contributed by atoms with E-state index in [1.54, 1.807) is 49.4 Å². The van der Waals surface area contributed by atoms with Gasteiger partial charge < -0.3 is 18.6 Å². The van der Waals surface area contributed by atoms with E-state index in [2.05, 4.69) is 13.8 Å². The van der Waals surface area contributed by atoms with Crippen LogP contribution in [0.2, 0.25) is 0 Å². The zero-order valence-corrected chi connectivity index (χ0v) is 18.2. The van der Waals surface area contributed by atoms with E-state index in [0.29, 0.717) is 35.0 Å². The maximum atomic E-state index is 13.4. The third-order valence-corrected chi connectivity index (χ3v) is 5.34. The van der Waals surface area contributed by atoms with E-state index in [-0.39, 0.29) is 17.5 Å². The average Bonchev–Trinajstić information content (AvgIpc) is 3.28. The summed E-state index contributed by atoms with van der Waals surface area (Å²) in [5.41, 5.74) is 2.01. The van der Waals surface area contributed by atoms with Crippen LogP contribution in [-0.2, 0) is 11.8 Å². The summed E-state index contributed by atoms with van der Waals surface area (Å²) in [4.78, 5) is 40.1. The first-order valence-electron chi connectivity index (χ1n) is 9.74. The number of esters is 1. The van der Waals surface area contributed by atoms with Gasteiger partial charge in [0.2, 0.25) is 0 Å². The number of ether oxygens (including phenoxy) is 1. The summed E-state index contributed by atoms with van der Waals surface area (Å²) in [6.07, 6.45) is 2.19. The molecule has 29 heavy (non-hydrogen) atoms. The summed E-state index contributed by atoms with van der Waals surface area (Å²) in [5, 5.41) is 0. The van der Waals surface area contributed by atoms with Gasteiger partial charge in [0, 0.05) is 24.8 Å². The topological polar surface area (TPSA) is 81.8 Å². The van der Waals surface area contributed by atoms with Gasteiger partial charge >= 0.3 is 5.97 Å². The number of aromatic nitrogens is 1. The molecule has 158 valence electrons. The highest BCUT2D eigenvalue weighted by molar-refractivity contribution is 6.07. The minimum atomic E-state index is -0.711. The van der Waals surface area contributed by atoms with Gasteiger partial charge in [0.25, 0.3) is 5.91 Å². The highest BCUT2D eigenvalue weighted by Gasteiger charge is 2.33. The first kappa shape index (κ1) is 22.5. The van der Waals surface area contributed by atoms with Gasteiger partial charge in [-0.2, -0.15) is 0 Å². The molecule has 2 rings (SSSR count). The first-order chi connectivity index (χ1) is 13.6. The lowest BCUT2D eigenvalue weighted by Crippen LogP contribution is -2.44. The Labute approximate surface area is 171 Å². The Morgan fingerprint density at radius 2 is 1.86 bits per heavy atom. The van der Waals surface area contributed by atoms with E-state index < -0.39 is 12.0 Å². The second-order valence-corrected chi connectivity index (χ2v) is 7.68.